The van der Waals surface area contributed by atoms with Crippen LogP contribution in [0.5, 0.6) is 0 Å². The number of esters is 3. The molecule has 180 valence electrons. The molecule has 1 aromatic rings. The Hall–Kier alpha value is -2.41. The van der Waals surface area contributed by atoms with Crippen LogP contribution in [0, 0.1) is 10.8 Å². The molecule has 7 heteroatoms. The van der Waals surface area contributed by atoms with Gasteiger partial charge in [-0.1, -0.05) is 44.2 Å². The molecule has 1 N–H and O–H groups in total. The first-order valence-electron chi connectivity index (χ1n) is 11.2. The van der Waals surface area contributed by atoms with Crippen molar-refractivity contribution in [2.24, 2.45) is 10.8 Å². The smallest absolute Gasteiger partial charge is 0.334 e. The van der Waals surface area contributed by atoms with E-state index in [-0.39, 0.29) is 31.5 Å². The number of hydrogen-bond donors (Lipinski definition) is 1. The first-order valence-corrected chi connectivity index (χ1v) is 11.2. The van der Waals surface area contributed by atoms with Crippen molar-refractivity contribution in [3.8, 4) is 0 Å². The van der Waals surface area contributed by atoms with Gasteiger partial charge < -0.3 is 19.3 Å². The molecule has 1 rings (SSSR count). The molecule has 0 aromatic heterocycles. The summed E-state index contributed by atoms with van der Waals surface area (Å²) in [6.07, 6.45) is 0.847. The number of carbonyl (C=O) groups is 3. The lowest BCUT2D eigenvalue weighted by Gasteiger charge is -2.37. The molecule has 0 spiro atoms. The van der Waals surface area contributed by atoms with Gasteiger partial charge in [-0.3, -0.25) is 9.59 Å². The van der Waals surface area contributed by atoms with Crippen molar-refractivity contribution in [1.82, 2.24) is 0 Å². The average molecular weight is 451 g/mol. The van der Waals surface area contributed by atoms with Crippen LogP contribution in [0.1, 0.15) is 71.8 Å². The highest BCUT2D eigenvalue weighted by Gasteiger charge is 2.46. The van der Waals surface area contributed by atoms with E-state index in [1.165, 1.54) is 14.0 Å². The molecule has 0 amide bonds. The van der Waals surface area contributed by atoms with Gasteiger partial charge in [0.2, 0.25) is 0 Å². The van der Waals surface area contributed by atoms with Gasteiger partial charge in [0.15, 0.2) is 0 Å². The third kappa shape index (κ3) is 7.62. The van der Waals surface area contributed by atoms with E-state index in [1.807, 2.05) is 44.2 Å². The average Bonchev–Trinajstić information content (AvgIpc) is 2.79. The van der Waals surface area contributed by atoms with Crippen molar-refractivity contribution in [1.29, 1.82) is 0 Å². The van der Waals surface area contributed by atoms with E-state index in [0.29, 0.717) is 12.8 Å². The van der Waals surface area contributed by atoms with Crippen molar-refractivity contribution in [2.75, 3.05) is 20.3 Å². The van der Waals surface area contributed by atoms with Gasteiger partial charge in [0.05, 0.1) is 17.9 Å². The summed E-state index contributed by atoms with van der Waals surface area (Å²) in [4.78, 5) is 37.2. The molecule has 4 atom stereocenters. The van der Waals surface area contributed by atoms with Gasteiger partial charge in [-0.2, -0.15) is 0 Å². The van der Waals surface area contributed by atoms with Crippen LogP contribution in [0.2, 0.25) is 0 Å². The molecule has 0 fully saturated rings. The maximum atomic E-state index is 13.3. The van der Waals surface area contributed by atoms with E-state index in [2.05, 4.69) is 6.92 Å². The zero-order valence-corrected chi connectivity index (χ0v) is 20.2. The van der Waals surface area contributed by atoms with Crippen LogP contribution in [0.3, 0.4) is 0 Å². The van der Waals surface area contributed by atoms with Crippen molar-refractivity contribution in [2.45, 2.75) is 72.3 Å². The Kier molecular flexibility index (Phi) is 10.9. The van der Waals surface area contributed by atoms with Gasteiger partial charge in [0.1, 0.15) is 19.3 Å². The van der Waals surface area contributed by atoms with E-state index in [0.717, 1.165) is 12.0 Å². The van der Waals surface area contributed by atoms with Gasteiger partial charge in [-0.05, 0) is 57.9 Å². The second-order valence-electron chi connectivity index (χ2n) is 8.84. The normalized spacial score (nSPS) is 16.7. The van der Waals surface area contributed by atoms with Crippen LogP contribution in [-0.2, 0) is 28.6 Å². The van der Waals surface area contributed by atoms with Crippen LogP contribution < -0.4 is 0 Å². The van der Waals surface area contributed by atoms with E-state index in [1.54, 1.807) is 6.92 Å². The maximum Gasteiger partial charge on any atom is 0.334 e. The molecule has 0 radical (unpaired) electrons. The fraction of sp³-hybridized carbons (Fsp3) is 0.640. The molecule has 0 aliphatic rings. The Bertz CT molecular complexity index is 746. The predicted octanol–water partition coefficient (Wildman–Crippen LogP) is 4.02. The van der Waals surface area contributed by atoms with E-state index >= 15 is 0 Å². The first-order chi connectivity index (χ1) is 15.0. The van der Waals surface area contributed by atoms with Crippen molar-refractivity contribution >= 4 is 17.9 Å². The highest BCUT2D eigenvalue weighted by molar-refractivity contribution is 5.80. The van der Waals surface area contributed by atoms with Gasteiger partial charge >= 0.3 is 17.9 Å². The number of aliphatic hydroxyl groups is 1. The zero-order valence-electron chi connectivity index (χ0n) is 20.2. The minimum atomic E-state index is -1.24. The molecule has 0 saturated heterocycles. The van der Waals surface area contributed by atoms with Crippen LogP contribution in [0.15, 0.2) is 30.3 Å². The molecule has 1 aromatic carbocycles. The molecule has 0 aliphatic heterocycles. The second kappa shape index (κ2) is 12.6. The molecule has 0 heterocycles. The summed E-state index contributed by atoms with van der Waals surface area (Å²) in [5.74, 6) is -1.50. The lowest BCUT2D eigenvalue weighted by atomic mass is 9.67. The third-order valence-corrected chi connectivity index (χ3v) is 6.09. The Labute approximate surface area is 191 Å². The van der Waals surface area contributed by atoms with Gasteiger partial charge in [0.25, 0.3) is 0 Å². The summed E-state index contributed by atoms with van der Waals surface area (Å²) >= 11 is 0. The lowest BCUT2D eigenvalue weighted by molar-refractivity contribution is -0.167. The number of benzene rings is 1. The second-order valence-corrected chi connectivity index (χ2v) is 8.84. The number of aliphatic hydroxyl groups excluding tert-OH is 1. The lowest BCUT2D eigenvalue weighted by Crippen LogP contribution is -2.41. The Morgan fingerprint density at radius 2 is 1.56 bits per heavy atom. The van der Waals surface area contributed by atoms with Crippen LogP contribution in [0.4, 0.5) is 0 Å². The zero-order chi connectivity index (χ0) is 24.4. The van der Waals surface area contributed by atoms with Crippen LogP contribution in [0.25, 0.3) is 0 Å². The largest absolute Gasteiger partial charge is 0.469 e. The molecule has 7 nitrogen and oxygen atoms in total. The number of methoxy groups -OCH3 is 1. The summed E-state index contributed by atoms with van der Waals surface area (Å²) in [6, 6.07) is 9.96. The maximum absolute atomic E-state index is 13.3. The van der Waals surface area contributed by atoms with Crippen molar-refractivity contribution in [3.63, 3.8) is 0 Å². The monoisotopic (exact) mass is 450 g/mol. The Morgan fingerprint density at radius 3 is 2.06 bits per heavy atom. The summed E-state index contributed by atoms with van der Waals surface area (Å²) in [5, 5.41) is 9.20. The van der Waals surface area contributed by atoms with Crippen molar-refractivity contribution in [3.05, 3.63) is 35.9 Å². The highest BCUT2D eigenvalue weighted by Crippen LogP contribution is 2.45. The third-order valence-electron chi connectivity index (χ3n) is 6.09. The SMILES string of the molecule is CCC(CC(C)(CC(C)(CC)C(=O)OC)C(=O)OCCOC(=O)C(C)O)c1ccccc1. The van der Waals surface area contributed by atoms with Crippen molar-refractivity contribution < 1.29 is 33.7 Å². The first kappa shape index (κ1) is 27.6. The standard InChI is InChI=1S/C25H38O7/c1-7-19(20-12-10-9-11-13-20)16-25(5,17-24(4,8-2)22(28)30-6)23(29)32-15-14-31-21(27)18(3)26/h9-13,18-19,26H,7-8,14-17H2,1-6H3. The molecule has 32 heavy (non-hydrogen) atoms. The Balaban J connectivity index is 3.09. The number of rotatable bonds is 13. The quantitative estimate of drug-likeness (QED) is 0.275. The molecular weight excluding hydrogens is 412 g/mol. The predicted molar refractivity (Wildman–Crippen MR) is 121 cm³/mol. The summed E-state index contributed by atoms with van der Waals surface area (Å²) in [6.45, 7) is 8.61. The molecule has 4 unspecified atom stereocenters. The molecular formula is C25H38O7. The van der Waals surface area contributed by atoms with Gasteiger partial charge in [-0.15, -0.1) is 0 Å². The fourth-order valence-electron chi connectivity index (χ4n) is 4.02. The van der Waals surface area contributed by atoms with E-state index in [9.17, 15) is 19.5 Å². The number of carbonyl (C=O) groups excluding carboxylic acids is 3. The van der Waals surface area contributed by atoms with Crippen LogP contribution >= 0.6 is 0 Å². The topological polar surface area (TPSA) is 99.1 Å². The fourth-order valence-corrected chi connectivity index (χ4v) is 4.02. The van der Waals surface area contributed by atoms with Gasteiger partial charge in [0, 0.05) is 0 Å². The minimum Gasteiger partial charge on any atom is -0.469 e. The minimum absolute atomic E-state index is 0.0977. The summed E-state index contributed by atoms with van der Waals surface area (Å²) < 4.78 is 15.4. The van der Waals surface area contributed by atoms with Crippen LogP contribution in [-0.4, -0.2) is 49.4 Å². The summed E-state index contributed by atoms with van der Waals surface area (Å²) in [7, 11) is 1.35. The van der Waals surface area contributed by atoms with Gasteiger partial charge in [-0.25, -0.2) is 4.79 Å². The molecule has 0 bridgehead atoms. The van der Waals surface area contributed by atoms with E-state index < -0.39 is 28.9 Å². The molecule has 0 saturated carbocycles. The Morgan fingerprint density at radius 1 is 0.969 bits per heavy atom. The number of ether oxygens (including phenoxy) is 3. The summed E-state index contributed by atoms with van der Waals surface area (Å²) in [5.41, 5.74) is -0.698. The van der Waals surface area contributed by atoms with E-state index in [4.69, 9.17) is 14.2 Å². The molecule has 0 aliphatic carbocycles. The number of hydrogen-bond acceptors (Lipinski definition) is 7. The highest BCUT2D eigenvalue weighted by atomic mass is 16.6.